The van der Waals surface area contributed by atoms with Crippen LogP contribution in [0.4, 0.5) is 30.5 Å². The van der Waals surface area contributed by atoms with Crippen molar-refractivity contribution < 1.29 is 22.7 Å². The first kappa shape index (κ1) is 28.1. The van der Waals surface area contributed by atoms with Crippen molar-refractivity contribution in [3.05, 3.63) is 48.7 Å². The van der Waals surface area contributed by atoms with E-state index in [1.807, 2.05) is 15.9 Å². The Balaban J connectivity index is 0.999. The van der Waals surface area contributed by atoms with E-state index < -0.39 is 17.3 Å². The Hall–Kier alpha value is -4.69. The maximum Gasteiger partial charge on any atom is 0.419 e. The molecule has 4 aromatic rings. The van der Waals surface area contributed by atoms with Gasteiger partial charge in [-0.1, -0.05) is 0 Å². The maximum absolute atomic E-state index is 13.2. The Labute approximate surface area is 249 Å². The van der Waals surface area contributed by atoms with Crippen molar-refractivity contribution in [2.75, 3.05) is 62.7 Å². The second-order valence-corrected chi connectivity index (χ2v) is 11.3. The fourth-order valence-electron chi connectivity index (χ4n) is 5.89. The number of rotatable bonds is 8. The molecule has 3 fully saturated rings. The third-order valence-corrected chi connectivity index (χ3v) is 8.45. The Morgan fingerprint density at radius 3 is 2.61 bits per heavy atom. The molecule has 7 heterocycles. The van der Waals surface area contributed by atoms with Crippen LogP contribution >= 0.6 is 0 Å². The van der Waals surface area contributed by atoms with Gasteiger partial charge in [0.05, 0.1) is 61.1 Å². The van der Waals surface area contributed by atoms with Crippen molar-refractivity contribution in [3.63, 3.8) is 0 Å². The van der Waals surface area contributed by atoms with Gasteiger partial charge in [-0.3, -0.25) is 19.1 Å². The standard InChI is InChI=1S/C27H29F3N12O2/c28-27(29,30)19-10-33-42(12-19)26(3-4-31)17-39(18-26)22-2-1-5-41-24(22)35-25(36-41)34-20-11-32-40(13-20)14-23(43)38-8-6-37(7-9-38)21-15-44-16-21/h1-2,5,10-13,21H,3,6-9,14-18H2,(H,34,36). The summed E-state index contributed by atoms with van der Waals surface area (Å²) in [6, 6.07) is 6.20. The fraction of sp³-hybridized carbons (Fsp3) is 0.481. The van der Waals surface area contributed by atoms with Gasteiger partial charge in [0.25, 0.3) is 0 Å². The number of fused-ring (bicyclic) bond motifs is 1. The molecule has 17 heteroatoms. The molecule has 7 rings (SSSR count). The first-order valence-corrected chi connectivity index (χ1v) is 14.2. The number of hydrogen-bond acceptors (Lipinski definition) is 10. The molecule has 0 bridgehead atoms. The van der Waals surface area contributed by atoms with Gasteiger partial charge >= 0.3 is 6.18 Å². The highest BCUT2D eigenvalue weighted by atomic mass is 19.4. The zero-order chi connectivity index (χ0) is 30.5. The van der Waals surface area contributed by atoms with Crippen LogP contribution in [0.3, 0.4) is 0 Å². The molecule has 14 nitrogen and oxygen atoms in total. The minimum Gasteiger partial charge on any atom is -0.378 e. The Kier molecular flexibility index (Phi) is 6.89. The molecule has 0 atom stereocenters. The minimum atomic E-state index is -4.51. The smallest absolute Gasteiger partial charge is 0.378 e. The normalized spacial score (nSPS) is 19.0. The zero-order valence-corrected chi connectivity index (χ0v) is 23.6. The molecule has 230 valence electrons. The van der Waals surface area contributed by atoms with Crippen molar-refractivity contribution in [3.8, 4) is 6.07 Å². The second-order valence-electron chi connectivity index (χ2n) is 11.3. The first-order chi connectivity index (χ1) is 21.2. The molecular formula is C27H29F3N12O2. The van der Waals surface area contributed by atoms with E-state index in [9.17, 15) is 23.2 Å². The maximum atomic E-state index is 13.2. The molecule has 44 heavy (non-hydrogen) atoms. The lowest BCUT2D eigenvalue weighted by Crippen LogP contribution is -2.63. The summed E-state index contributed by atoms with van der Waals surface area (Å²) in [5, 5.41) is 25.3. The van der Waals surface area contributed by atoms with Crippen LogP contribution in [0.5, 0.6) is 0 Å². The van der Waals surface area contributed by atoms with E-state index in [4.69, 9.17) is 4.74 Å². The number of ether oxygens (including phenoxy) is 1. The van der Waals surface area contributed by atoms with Crippen LogP contribution in [-0.2, 0) is 27.8 Å². The van der Waals surface area contributed by atoms with E-state index in [0.717, 1.165) is 44.4 Å². The molecule has 1 N–H and O–H groups in total. The minimum absolute atomic E-state index is 0.00365. The predicted octanol–water partition coefficient (Wildman–Crippen LogP) is 1.56. The van der Waals surface area contributed by atoms with Gasteiger partial charge in [-0.15, -0.1) is 5.10 Å². The largest absolute Gasteiger partial charge is 0.419 e. The highest BCUT2D eigenvalue weighted by molar-refractivity contribution is 5.76. The van der Waals surface area contributed by atoms with E-state index in [1.165, 1.54) is 4.68 Å². The summed E-state index contributed by atoms with van der Waals surface area (Å²) >= 11 is 0. The van der Waals surface area contributed by atoms with Crippen LogP contribution in [-0.4, -0.2) is 108 Å². The van der Waals surface area contributed by atoms with E-state index >= 15 is 0 Å². The number of pyridine rings is 1. The van der Waals surface area contributed by atoms with E-state index in [1.54, 1.807) is 33.9 Å². The number of anilines is 3. The SMILES string of the molecule is N#CCC1(n2cc(C(F)(F)F)cn2)CN(c2cccn3nc(Nc4cnn(CC(=O)N5CCN(C6COC6)CC5)c4)nc23)C1. The molecule has 0 radical (unpaired) electrons. The third kappa shape index (κ3) is 5.19. The van der Waals surface area contributed by atoms with Crippen LogP contribution in [0.2, 0.25) is 0 Å². The van der Waals surface area contributed by atoms with Crippen molar-refractivity contribution >= 4 is 28.9 Å². The lowest BCUT2D eigenvalue weighted by molar-refractivity contribution is -0.138. The second kappa shape index (κ2) is 10.8. The van der Waals surface area contributed by atoms with Gasteiger partial charge in [-0.25, -0.2) is 4.52 Å². The third-order valence-electron chi connectivity index (χ3n) is 8.45. The number of piperazine rings is 1. The summed E-state index contributed by atoms with van der Waals surface area (Å²) in [4.78, 5) is 23.7. The molecule has 1 amide bonds. The lowest BCUT2D eigenvalue weighted by atomic mass is 9.86. The van der Waals surface area contributed by atoms with Crippen LogP contribution in [0.15, 0.2) is 43.1 Å². The molecular weight excluding hydrogens is 581 g/mol. The number of aromatic nitrogens is 7. The summed E-state index contributed by atoms with van der Waals surface area (Å²) in [5.41, 5.74) is 0.121. The van der Waals surface area contributed by atoms with Gasteiger partial charge in [-0.05, 0) is 12.1 Å². The molecule has 0 aliphatic carbocycles. The topological polar surface area (TPSA) is 138 Å². The average molecular weight is 611 g/mol. The van der Waals surface area contributed by atoms with Gasteiger partial charge in [0.15, 0.2) is 5.65 Å². The average Bonchev–Trinajstić information content (AvgIpc) is 3.70. The number of nitrogens with one attached hydrogen (secondary N) is 1. The van der Waals surface area contributed by atoms with E-state index in [2.05, 4.69) is 36.6 Å². The Bertz CT molecular complexity index is 1700. The van der Waals surface area contributed by atoms with Crippen LogP contribution < -0.4 is 10.2 Å². The zero-order valence-electron chi connectivity index (χ0n) is 23.6. The van der Waals surface area contributed by atoms with Crippen LogP contribution in [0.25, 0.3) is 5.65 Å². The number of nitrogens with zero attached hydrogens (tertiary/aromatic N) is 11. The lowest BCUT2D eigenvalue weighted by Gasteiger charge is -2.50. The molecule has 0 aromatic carbocycles. The van der Waals surface area contributed by atoms with Crippen molar-refractivity contribution in [1.82, 2.24) is 44.0 Å². The number of alkyl halides is 3. The van der Waals surface area contributed by atoms with Gasteiger partial charge in [0.2, 0.25) is 11.9 Å². The quantitative estimate of drug-likeness (QED) is 0.313. The summed E-state index contributed by atoms with van der Waals surface area (Å²) in [6.07, 6.45) is 2.28. The molecule has 4 aromatic heterocycles. The van der Waals surface area contributed by atoms with E-state index in [-0.39, 0.29) is 32.0 Å². The molecule has 0 saturated carbocycles. The molecule has 0 unspecified atom stereocenters. The summed E-state index contributed by atoms with van der Waals surface area (Å²) in [5.74, 6) is 0.316. The van der Waals surface area contributed by atoms with Crippen LogP contribution in [0, 0.1) is 11.3 Å². The fourth-order valence-corrected chi connectivity index (χ4v) is 5.89. The van der Waals surface area contributed by atoms with Gasteiger partial charge in [-0.2, -0.15) is 33.6 Å². The summed E-state index contributed by atoms with van der Waals surface area (Å²) in [7, 11) is 0. The monoisotopic (exact) mass is 610 g/mol. The number of halogens is 3. The Morgan fingerprint density at radius 2 is 1.93 bits per heavy atom. The number of carbonyl (C=O) groups excluding carboxylic acids is 1. The Morgan fingerprint density at radius 1 is 1.14 bits per heavy atom. The highest BCUT2D eigenvalue weighted by Gasteiger charge is 2.47. The van der Waals surface area contributed by atoms with Crippen molar-refractivity contribution in [2.45, 2.75) is 30.7 Å². The van der Waals surface area contributed by atoms with Crippen molar-refractivity contribution in [2.24, 2.45) is 0 Å². The molecule has 3 aliphatic rings. The summed E-state index contributed by atoms with van der Waals surface area (Å²) in [6.45, 7) is 5.25. The van der Waals surface area contributed by atoms with Gasteiger partial charge in [0.1, 0.15) is 12.1 Å². The number of hydrogen-bond donors (Lipinski definition) is 1. The molecule has 0 spiro atoms. The van der Waals surface area contributed by atoms with Gasteiger partial charge < -0.3 is 19.9 Å². The molecule has 3 aliphatic heterocycles. The number of amides is 1. The van der Waals surface area contributed by atoms with Crippen LogP contribution in [0.1, 0.15) is 12.0 Å². The van der Waals surface area contributed by atoms with Crippen molar-refractivity contribution in [1.29, 1.82) is 5.26 Å². The summed E-state index contributed by atoms with van der Waals surface area (Å²) < 4.78 is 49.2. The highest BCUT2D eigenvalue weighted by Crippen LogP contribution is 2.39. The first-order valence-electron chi connectivity index (χ1n) is 14.2. The molecule has 3 saturated heterocycles. The number of carbonyl (C=O) groups is 1. The number of nitriles is 1. The predicted molar refractivity (Wildman–Crippen MR) is 149 cm³/mol. The van der Waals surface area contributed by atoms with Gasteiger partial charge in [0, 0.05) is 57.9 Å². The van der Waals surface area contributed by atoms with E-state index in [0.29, 0.717) is 36.4 Å².